The number of carbonyl (C=O) groups is 3. The van der Waals surface area contributed by atoms with Crippen molar-refractivity contribution in [2.45, 2.75) is 32.9 Å². The number of nitrogens with zero attached hydrogens (tertiary/aromatic N) is 4. The summed E-state index contributed by atoms with van der Waals surface area (Å²) in [7, 11) is 0. The maximum absolute atomic E-state index is 12.9. The Hall–Kier alpha value is -3.81. The summed E-state index contributed by atoms with van der Waals surface area (Å²) in [5, 5.41) is 4.31. The van der Waals surface area contributed by atoms with Gasteiger partial charge in [-0.05, 0) is 36.6 Å². The summed E-state index contributed by atoms with van der Waals surface area (Å²) in [5.41, 5.74) is 1.44. The number of hydrogen-bond donors (Lipinski definition) is 0. The second-order valence-electron chi connectivity index (χ2n) is 7.72. The second-order valence-corrected chi connectivity index (χ2v) is 7.72. The van der Waals surface area contributed by atoms with Crippen LogP contribution in [0.2, 0.25) is 0 Å². The Bertz CT molecular complexity index is 1090. The summed E-state index contributed by atoms with van der Waals surface area (Å²) in [6.45, 7) is 3.68. The molecule has 0 saturated heterocycles. The van der Waals surface area contributed by atoms with Gasteiger partial charge < -0.3 is 4.74 Å². The molecular formula is C23H22N4O4. The molecule has 4 rings (SSSR count). The average molecular weight is 418 g/mol. The summed E-state index contributed by atoms with van der Waals surface area (Å²) in [6, 6.07) is 15.0. The molecule has 158 valence electrons. The number of hydrogen-bond acceptors (Lipinski definition) is 6. The number of carbonyl (C=O) groups excluding carboxylic acids is 3. The van der Waals surface area contributed by atoms with Crippen molar-refractivity contribution in [1.82, 2.24) is 19.7 Å². The van der Waals surface area contributed by atoms with Gasteiger partial charge in [0, 0.05) is 0 Å². The molecule has 1 atom stereocenters. The highest BCUT2D eigenvalue weighted by molar-refractivity contribution is 6.22. The Morgan fingerprint density at radius 2 is 1.58 bits per heavy atom. The van der Waals surface area contributed by atoms with Gasteiger partial charge in [0.25, 0.3) is 11.8 Å². The number of benzene rings is 2. The first-order chi connectivity index (χ1) is 15.0. The fraction of sp³-hybridized carbons (Fsp3) is 0.261. The van der Waals surface area contributed by atoms with Gasteiger partial charge in [0.15, 0.2) is 12.4 Å². The predicted molar refractivity (Wildman–Crippen MR) is 111 cm³/mol. The van der Waals surface area contributed by atoms with Crippen molar-refractivity contribution in [3.63, 3.8) is 0 Å². The number of para-hydroxylation sites is 1. The summed E-state index contributed by atoms with van der Waals surface area (Å²) < 4.78 is 7.01. The van der Waals surface area contributed by atoms with Crippen LogP contribution in [-0.4, -0.2) is 43.5 Å². The third-order valence-corrected chi connectivity index (χ3v) is 5.01. The van der Waals surface area contributed by atoms with Crippen LogP contribution in [0, 0.1) is 5.92 Å². The lowest BCUT2D eigenvalue weighted by Crippen LogP contribution is -2.46. The zero-order chi connectivity index (χ0) is 22.0. The van der Waals surface area contributed by atoms with Gasteiger partial charge in [-0.15, -0.1) is 5.10 Å². The highest BCUT2D eigenvalue weighted by Crippen LogP contribution is 2.27. The van der Waals surface area contributed by atoms with Crippen LogP contribution >= 0.6 is 0 Å². The van der Waals surface area contributed by atoms with E-state index in [1.54, 1.807) is 28.9 Å². The normalized spacial score (nSPS) is 14.1. The topological polar surface area (TPSA) is 94.4 Å². The molecular weight excluding hydrogens is 396 g/mol. The molecule has 2 aromatic carbocycles. The van der Waals surface area contributed by atoms with E-state index in [1.807, 2.05) is 44.2 Å². The smallest absolute Gasteiger partial charge is 0.329 e. The Balaban J connectivity index is 1.49. The quantitative estimate of drug-likeness (QED) is 0.432. The van der Waals surface area contributed by atoms with Gasteiger partial charge in [0.1, 0.15) is 12.4 Å². The highest BCUT2D eigenvalue weighted by Gasteiger charge is 2.43. The Kier molecular flexibility index (Phi) is 5.62. The van der Waals surface area contributed by atoms with E-state index in [-0.39, 0.29) is 12.5 Å². The number of esters is 1. The lowest BCUT2D eigenvalue weighted by atomic mass is 10.0. The Morgan fingerprint density at radius 1 is 0.968 bits per heavy atom. The second kappa shape index (κ2) is 8.51. The van der Waals surface area contributed by atoms with Crippen LogP contribution in [0.5, 0.6) is 0 Å². The minimum absolute atomic E-state index is 0.0669. The molecule has 0 bridgehead atoms. The standard InChI is InChI=1S/C23H22N4O4/c1-15(2)12-19(27-21(28)17-10-6-7-11-18(17)22(27)29)23(30)31-13-20-24-14-26(25-20)16-8-4-3-5-9-16/h3-11,14-15,19H,12-13H2,1-2H3/t19-/m0/s1. The van der Waals surface area contributed by atoms with Crippen molar-refractivity contribution in [2.75, 3.05) is 0 Å². The van der Waals surface area contributed by atoms with E-state index in [0.29, 0.717) is 23.4 Å². The van der Waals surface area contributed by atoms with Gasteiger partial charge in [-0.3, -0.25) is 14.5 Å². The van der Waals surface area contributed by atoms with Crippen molar-refractivity contribution < 1.29 is 19.1 Å². The zero-order valence-electron chi connectivity index (χ0n) is 17.3. The molecule has 0 saturated carbocycles. The lowest BCUT2D eigenvalue weighted by molar-refractivity contribution is -0.150. The first-order valence-corrected chi connectivity index (χ1v) is 10.0. The van der Waals surface area contributed by atoms with E-state index in [1.165, 1.54) is 6.33 Å². The van der Waals surface area contributed by atoms with Gasteiger partial charge in [-0.1, -0.05) is 44.2 Å². The third kappa shape index (κ3) is 4.09. The van der Waals surface area contributed by atoms with Gasteiger partial charge in [-0.2, -0.15) is 0 Å². The molecule has 0 spiro atoms. The maximum atomic E-state index is 12.9. The number of aromatic nitrogens is 3. The summed E-state index contributed by atoms with van der Waals surface area (Å²) in [6.07, 6.45) is 1.84. The molecule has 31 heavy (non-hydrogen) atoms. The molecule has 0 aliphatic carbocycles. The molecule has 2 amide bonds. The monoisotopic (exact) mass is 418 g/mol. The molecule has 0 radical (unpaired) electrons. The molecule has 8 heteroatoms. The molecule has 0 unspecified atom stereocenters. The fourth-order valence-corrected chi connectivity index (χ4v) is 3.54. The molecule has 1 aliphatic heterocycles. The first kappa shape index (κ1) is 20.5. The van der Waals surface area contributed by atoms with Gasteiger partial charge in [0.2, 0.25) is 0 Å². The highest BCUT2D eigenvalue weighted by atomic mass is 16.5. The van der Waals surface area contributed by atoms with Crippen molar-refractivity contribution in [3.8, 4) is 5.69 Å². The van der Waals surface area contributed by atoms with Crippen LogP contribution in [0.3, 0.4) is 0 Å². The van der Waals surface area contributed by atoms with Crippen molar-refractivity contribution in [1.29, 1.82) is 0 Å². The lowest BCUT2D eigenvalue weighted by Gasteiger charge is -2.25. The SMILES string of the molecule is CC(C)C[C@@H](C(=O)OCc1ncn(-c2ccccc2)n1)N1C(=O)c2ccccc2C1=O. The molecule has 0 N–H and O–H groups in total. The molecule has 8 nitrogen and oxygen atoms in total. The van der Waals surface area contributed by atoms with E-state index in [9.17, 15) is 14.4 Å². The molecule has 2 heterocycles. The van der Waals surface area contributed by atoms with E-state index in [2.05, 4.69) is 10.1 Å². The average Bonchev–Trinajstić information content (AvgIpc) is 3.35. The Labute approximate surface area is 179 Å². The third-order valence-electron chi connectivity index (χ3n) is 5.01. The fourth-order valence-electron chi connectivity index (χ4n) is 3.54. The van der Waals surface area contributed by atoms with E-state index in [0.717, 1.165) is 10.6 Å². The number of ether oxygens (including phenoxy) is 1. The van der Waals surface area contributed by atoms with E-state index >= 15 is 0 Å². The maximum Gasteiger partial charge on any atom is 0.329 e. The van der Waals surface area contributed by atoms with Gasteiger partial charge in [0.05, 0.1) is 16.8 Å². The van der Waals surface area contributed by atoms with Crippen molar-refractivity contribution >= 4 is 17.8 Å². The van der Waals surface area contributed by atoms with E-state index < -0.39 is 23.8 Å². The number of imide groups is 1. The molecule has 3 aromatic rings. The van der Waals surface area contributed by atoms with Crippen LogP contribution in [-0.2, 0) is 16.1 Å². The van der Waals surface area contributed by atoms with Crippen LogP contribution < -0.4 is 0 Å². The first-order valence-electron chi connectivity index (χ1n) is 10.0. The van der Waals surface area contributed by atoms with Gasteiger partial charge >= 0.3 is 5.97 Å². The zero-order valence-corrected chi connectivity index (χ0v) is 17.3. The van der Waals surface area contributed by atoms with Gasteiger partial charge in [-0.25, -0.2) is 14.5 Å². The minimum Gasteiger partial charge on any atom is -0.456 e. The van der Waals surface area contributed by atoms with Crippen LogP contribution in [0.15, 0.2) is 60.9 Å². The summed E-state index contributed by atoms with van der Waals surface area (Å²) in [5.74, 6) is -1.22. The molecule has 1 aliphatic rings. The van der Waals surface area contributed by atoms with Crippen molar-refractivity contribution in [2.24, 2.45) is 5.92 Å². The van der Waals surface area contributed by atoms with Crippen LogP contribution in [0.25, 0.3) is 5.69 Å². The number of amides is 2. The van der Waals surface area contributed by atoms with Crippen LogP contribution in [0.4, 0.5) is 0 Å². The van der Waals surface area contributed by atoms with Crippen LogP contribution in [0.1, 0.15) is 46.8 Å². The number of rotatable bonds is 7. The Morgan fingerprint density at radius 3 is 2.19 bits per heavy atom. The molecule has 0 fully saturated rings. The molecule has 1 aromatic heterocycles. The number of fused-ring (bicyclic) bond motifs is 1. The van der Waals surface area contributed by atoms with Crippen molar-refractivity contribution in [3.05, 3.63) is 77.9 Å². The summed E-state index contributed by atoms with van der Waals surface area (Å²) in [4.78, 5) is 43.8. The largest absolute Gasteiger partial charge is 0.456 e. The minimum atomic E-state index is -1.01. The van der Waals surface area contributed by atoms with E-state index in [4.69, 9.17) is 4.74 Å². The predicted octanol–water partition coefficient (Wildman–Crippen LogP) is 3.02. The summed E-state index contributed by atoms with van der Waals surface area (Å²) >= 11 is 0.